The third-order valence-corrected chi connectivity index (χ3v) is 5.56. The maximum absolute atomic E-state index is 12.9. The first-order valence-electron chi connectivity index (χ1n) is 11.0. The zero-order chi connectivity index (χ0) is 23.1. The summed E-state index contributed by atoms with van der Waals surface area (Å²) in [7, 11) is 3.45. The van der Waals surface area contributed by atoms with Crippen LogP contribution in [0, 0.1) is 6.92 Å². The number of carbonyl (C=O) groups is 2. The molecule has 168 valence electrons. The average Bonchev–Trinajstić information content (AvgIpc) is 3.25. The number of benzene rings is 2. The smallest absolute Gasteiger partial charge is 0.250 e. The molecule has 0 saturated heterocycles. The molecule has 1 unspecified atom stereocenters. The Bertz CT molecular complexity index is 992. The SMILES string of the molecule is Cc1ccc(C(=O)C2CC=CN2C/C=C/c2cccc(CO[C@H](C)C(=O)N(C)C)c2)cc1. The second-order valence-corrected chi connectivity index (χ2v) is 8.40. The normalized spacial score (nSPS) is 16.5. The summed E-state index contributed by atoms with van der Waals surface area (Å²) in [6.45, 7) is 4.83. The van der Waals surface area contributed by atoms with E-state index in [0.717, 1.165) is 28.7 Å². The Labute approximate surface area is 191 Å². The van der Waals surface area contributed by atoms with E-state index >= 15 is 0 Å². The van der Waals surface area contributed by atoms with Crippen LogP contribution < -0.4 is 0 Å². The Hall–Kier alpha value is -3.18. The Kier molecular flexibility index (Phi) is 8.01. The van der Waals surface area contributed by atoms with Crippen LogP contribution in [0.15, 0.2) is 66.9 Å². The molecule has 0 bridgehead atoms. The lowest BCUT2D eigenvalue weighted by Crippen LogP contribution is -2.34. The van der Waals surface area contributed by atoms with Crippen molar-refractivity contribution in [3.63, 3.8) is 0 Å². The van der Waals surface area contributed by atoms with Crippen molar-refractivity contribution in [1.29, 1.82) is 0 Å². The van der Waals surface area contributed by atoms with Gasteiger partial charge in [-0.3, -0.25) is 9.59 Å². The van der Waals surface area contributed by atoms with Crippen LogP contribution in [0.1, 0.15) is 40.4 Å². The Morgan fingerprint density at radius 2 is 1.94 bits per heavy atom. The molecule has 0 aliphatic carbocycles. The second kappa shape index (κ2) is 10.9. The molecule has 0 fully saturated rings. The molecule has 5 heteroatoms. The van der Waals surface area contributed by atoms with E-state index in [-0.39, 0.29) is 17.7 Å². The lowest BCUT2D eigenvalue weighted by Gasteiger charge is -2.23. The van der Waals surface area contributed by atoms with Crippen LogP contribution in [0.5, 0.6) is 0 Å². The summed E-state index contributed by atoms with van der Waals surface area (Å²) in [6, 6.07) is 15.7. The molecule has 1 aliphatic heterocycles. The summed E-state index contributed by atoms with van der Waals surface area (Å²) in [6.07, 6.45) is 8.44. The van der Waals surface area contributed by atoms with Crippen LogP contribution in [0.25, 0.3) is 6.08 Å². The van der Waals surface area contributed by atoms with Crippen molar-refractivity contribution in [1.82, 2.24) is 9.80 Å². The van der Waals surface area contributed by atoms with Crippen LogP contribution in [-0.4, -0.2) is 54.3 Å². The van der Waals surface area contributed by atoms with Gasteiger partial charge in [-0.2, -0.15) is 0 Å². The average molecular weight is 433 g/mol. The maximum Gasteiger partial charge on any atom is 0.250 e. The van der Waals surface area contributed by atoms with Gasteiger partial charge in [0.15, 0.2) is 5.78 Å². The van der Waals surface area contributed by atoms with Crippen LogP contribution in [0.4, 0.5) is 0 Å². The van der Waals surface area contributed by atoms with E-state index in [1.807, 2.05) is 55.6 Å². The van der Waals surface area contributed by atoms with Gasteiger partial charge in [-0.25, -0.2) is 0 Å². The molecule has 2 aromatic rings. The van der Waals surface area contributed by atoms with Crippen LogP contribution in [-0.2, 0) is 16.1 Å². The minimum atomic E-state index is -0.478. The summed E-state index contributed by atoms with van der Waals surface area (Å²) < 4.78 is 5.71. The van der Waals surface area contributed by atoms with Gasteiger partial charge < -0.3 is 14.5 Å². The molecule has 0 radical (unpaired) electrons. The van der Waals surface area contributed by atoms with Gasteiger partial charge in [0.1, 0.15) is 6.10 Å². The van der Waals surface area contributed by atoms with Crippen molar-refractivity contribution in [2.75, 3.05) is 20.6 Å². The van der Waals surface area contributed by atoms with Crippen molar-refractivity contribution < 1.29 is 14.3 Å². The molecule has 0 aromatic heterocycles. The van der Waals surface area contributed by atoms with Gasteiger partial charge in [0.05, 0.1) is 12.6 Å². The van der Waals surface area contributed by atoms with Gasteiger partial charge in [0.25, 0.3) is 5.91 Å². The molecular formula is C27H32N2O3. The van der Waals surface area contributed by atoms with E-state index in [0.29, 0.717) is 13.2 Å². The first-order valence-corrected chi connectivity index (χ1v) is 11.0. The number of hydrogen-bond acceptors (Lipinski definition) is 4. The first-order chi connectivity index (χ1) is 15.3. The quantitative estimate of drug-likeness (QED) is 0.549. The Morgan fingerprint density at radius 1 is 1.19 bits per heavy atom. The number of likely N-dealkylation sites (N-methyl/N-ethyl adjacent to an activating group) is 1. The highest BCUT2D eigenvalue weighted by atomic mass is 16.5. The largest absolute Gasteiger partial charge is 0.364 e. The van der Waals surface area contributed by atoms with Gasteiger partial charge in [0.2, 0.25) is 0 Å². The fraction of sp³-hybridized carbons (Fsp3) is 0.333. The highest BCUT2D eigenvalue weighted by Crippen LogP contribution is 2.20. The third-order valence-electron chi connectivity index (χ3n) is 5.56. The van der Waals surface area contributed by atoms with Crippen LogP contribution in [0.3, 0.4) is 0 Å². The number of nitrogens with zero attached hydrogens (tertiary/aromatic N) is 2. The number of ketones is 1. The number of Topliss-reactive ketones (excluding diaryl/α,β-unsaturated/α-hetero) is 1. The lowest BCUT2D eigenvalue weighted by atomic mass is 10.0. The topological polar surface area (TPSA) is 49.9 Å². The molecule has 32 heavy (non-hydrogen) atoms. The summed E-state index contributed by atoms with van der Waals surface area (Å²) in [5.74, 6) is 0.110. The van der Waals surface area contributed by atoms with Crippen molar-refractivity contribution in [2.45, 2.75) is 39.0 Å². The van der Waals surface area contributed by atoms with E-state index in [2.05, 4.69) is 29.2 Å². The molecule has 3 rings (SSSR count). The zero-order valence-corrected chi connectivity index (χ0v) is 19.3. The second-order valence-electron chi connectivity index (χ2n) is 8.40. The number of aryl methyl sites for hydroxylation is 1. The molecule has 5 nitrogen and oxygen atoms in total. The molecular weight excluding hydrogens is 400 g/mol. The predicted octanol–water partition coefficient (Wildman–Crippen LogP) is 4.47. The molecule has 2 aromatic carbocycles. The Balaban J connectivity index is 1.56. The number of rotatable bonds is 9. The van der Waals surface area contributed by atoms with E-state index in [1.165, 1.54) is 4.90 Å². The predicted molar refractivity (Wildman–Crippen MR) is 128 cm³/mol. The molecule has 2 atom stereocenters. The zero-order valence-electron chi connectivity index (χ0n) is 19.3. The highest BCUT2D eigenvalue weighted by molar-refractivity contribution is 6.00. The minimum absolute atomic E-state index is 0.0468. The molecule has 1 heterocycles. The number of ether oxygens (including phenoxy) is 1. The summed E-state index contributed by atoms with van der Waals surface area (Å²) in [4.78, 5) is 28.5. The van der Waals surface area contributed by atoms with E-state index < -0.39 is 6.10 Å². The summed E-state index contributed by atoms with van der Waals surface area (Å²) in [5.41, 5.74) is 3.98. The minimum Gasteiger partial charge on any atom is -0.364 e. The van der Waals surface area contributed by atoms with Crippen molar-refractivity contribution >= 4 is 17.8 Å². The molecule has 0 saturated carbocycles. The van der Waals surface area contributed by atoms with Crippen molar-refractivity contribution in [2.24, 2.45) is 0 Å². The highest BCUT2D eigenvalue weighted by Gasteiger charge is 2.26. The van der Waals surface area contributed by atoms with E-state index in [1.54, 1.807) is 21.0 Å². The van der Waals surface area contributed by atoms with Crippen molar-refractivity contribution in [3.05, 3.63) is 89.1 Å². The fourth-order valence-electron chi connectivity index (χ4n) is 3.67. The fourth-order valence-corrected chi connectivity index (χ4v) is 3.67. The Morgan fingerprint density at radius 3 is 2.66 bits per heavy atom. The number of carbonyl (C=O) groups excluding carboxylic acids is 2. The third kappa shape index (κ3) is 6.17. The van der Waals surface area contributed by atoms with Crippen LogP contribution in [0.2, 0.25) is 0 Å². The molecule has 1 amide bonds. The van der Waals surface area contributed by atoms with E-state index in [4.69, 9.17) is 4.74 Å². The number of hydrogen-bond donors (Lipinski definition) is 0. The maximum atomic E-state index is 12.9. The summed E-state index contributed by atoms with van der Waals surface area (Å²) >= 11 is 0. The van der Waals surface area contributed by atoms with Gasteiger partial charge in [-0.15, -0.1) is 0 Å². The van der Waals surface area contributed by atoms with E-state index in [9.17, 15) is 9.59 Å². The van der Waals surface area contributed by atoms with Gasteiger partial charge in [0, 0.05) is 26.2 Å². The molecule has 0 spiro atoms. The first kappa shape index (κ1) is 23.5. The van der Waals surface area contributed by atoms with Crippen LogP contribution >= 0.6 is 0 Å². The summed E-state index contributed by atoms with van der Waals surface area (Å²) in [5, 5.41) is 0. The van der Waals surface area contributed by atoms with Gasteiger partial charge in [-0.1, -0.05) is 66.3 Å². The van der Waals surface area contributed by atoms with Gasteiger partial charge in [-0.05, 0) is 43.7 Å². The molecule has 0 N–H and O–H groups in total. The molecule has 1 aliphatic rings. The monoisotopic (exact) mass is 432 g/mol. The standard InChI is InChI=1S/C27H32N2O3/c1-20-12-14-24(15-13-20)26(30)25-11-7-17-29(25)16-6-10-22-8-5-9-23(18-22)19-32-21(2)27(31)28(3)4/h5-10,12-15,17-18,21,25H,11,16,19H2,1-4H3/b10-6+/t21-,25?/m1/s1. The van der Waals surface area contributed by atoms with Gasteiger partial charge >= 0.3 is 0 Å². The number of amides is 1. The lowest BCUT2D eigenvalue weighted by molar-refractivity contribution is -0.140. The van der Waals surface area contributed by atoms with Crippen molar-refractivity contribution in [3.8, 4) is 0 Å².